The van der Waals surface area contributed by atoms with Gasteiger partial charge in [0.25, 0.3) is 0 Å². The zero-order valence-corrected chi connectivity index (χ0v) is 21.3. The number of hydrogen-bond acceptors (Lipinski definition) is 0. The monoisotopic (exact) mass is 481 g/mol. The minimum absolute atomic E-state index is 0.404. The van der Waals surface area contributed by atoms with E-state index in [1.165, 1.54) is 22.3 Å². The molecule has 0 bridgehead atoms. The molecule has 4 atom stereocenters. The van der Waals surface area contributed by atoms with Gasteiger partial charge in [-0.05, 0) is 0 Å². The first-order valence-electron chi connectivity index (χ1n) is 9.98. The van der Waals surface area contributed by atoms with Crippen LogP contribution in [-0.4, -0.2) is 5.92 Å². The molecule has 0 saturated carbocycles. The predicted molar refractivity (Wildman–Crippen MR) is 115 cm³/mol. The van der Waals surface area contributed by atoms with E-state index in [0.717, 1.165) is 12.8 Å². The summed E-state index contributed by atoms with van der Waals surface area (Å²) < 4.78 is 0.808. The van der Waals surface area contributed by atoms with Crippen LogP contribution in [0.4, 0.5) is 0 Å². The van der Waals surface area contributed by atoms with Crippen molar-refractivity contribution >= 4 is 22.9 Å². The van der Waals surface area contributed by atoms with E-state index >= 15 is 0 Å². The van der Waals surface area contributed by atoms with Crippen molar-refractivity contribution in [1.82, 2.24) is 0 Å². The third-order valence-corrected chi connectivity index (χ3v) is 61.2. The fourth-order valence-electron chi connectivity index (χ4n) is 6.18. The Labute approximate surface area is 167 Å². The summed E-state index contributed by atoms with van der Waals surface area (Å²) in [5.74, 6) is -0.159. The number of fused-ring (bicyclic) bond motifs is 2. The molecule has 4 unspecified atom stereocenters. The molecule has 2 aromatic carbocycles. The van der Waals surface area contributed by atoms with Gasteiger partial charge in [0, 0.05) is 0 Å². The third-order valence-electron chi connectivity index (χ3n) is 7.29. The van der Waals surface area contributed by atoms with Gasteiger partial charge in [-0.25, -0.2) is 0 Å². The number of rotatable bonds is 3. The molecule has 0 amide bonds. The van der Waals surface area contributed by atoms with Crippen LogP contribution >= 0.6 is 17.0 Å². The Morgan fingerprint density at radius 3 is 1.54 bits per heavy atom. The van der Waals surface area contributed by atoms with Crippen LogP contribution in [0.1, 0.15) is 43.4 Å². The van der Waals surface area contributed by atoms with Gasteiger partial charge in [0.2, 0.25) is 0 Å². The molecular weight excluding hydrogens is 454 g/mol. The van der Waals surface area contributed by atoms with Crippen molar-refractivity contribution in [1.29, 1.82) is 0 Å². The molecule has 0 nitrogen and oxygen atoms in total. The molecule has 4 rings (SSSR count). The van der Waals surface area contributed by atoms with Crippen molar-refractivity contribution in [2.24, 2.45) is 11.8 Å². The Bertz CT molecular complexity index is 784. The van der Waals surface area contributed by atoms with Crippen molar-refractivity contribution in [3.8, 4) is 0 Å². The molecular formula is C22H29Cl2SiZr. The Balaban J connectivity index is 1.95. The first kappa shape index (κ1) is 19.4. The topological polar surface area (TPSA) is 0 Å². The Hall–Kier alpha value is 0.120. The summed E-state index contributed by atoms with van der Waals surface area (Å²) in [6, 6.07) is 17.9. The van der Waals surface area contributed by atoms with Gasteiger partial charge < -0.3 is 0 Å². The summed E-state index contributed by atoms with van der Waals surface area (Å²) in [7, 11) is 16.0. The molecule has 0 radical (unpaired) electrons. The van der Waals surface area contributed by atoms with Crippen LogP contribution < -0.4 is 0 Å². The first-order valence-corrected chi connectivity index (χ1v) is 26.3. The van der Waals surface area contributed by atoms with Gasteiger partial charge in [-0.15, -0.1) is 0 Å². The number of benzene rings is 2. The van der Waals surface area contributed by atoms with E-state index in [0.29, 0.717) is 19.1 Å². The van der Waals surface area contributed by atoms with E-state index in [9.17, 15) is 0 Å². The molecule has 2 aliphatic rings. The second-order valence-electron chi connectivity index (χ2n) is 9.10. The van der Waals surface area contributed by atoms with E-state index in [4.69, 9.17) is 17.0 Å². The molecule has 0 aromatic heterocycles. The molecule has 0 fully saturated rings. The summed E-state index contributed by atoms with van der Waals surface area (Å²) in [6.45, 7) is 9.66. The van der Waals surface area contributed by atoms with Crippen LogP contribution in [0.2, 0.25) is 13.1 Å². The maximum absolute atomic E-state index is 8.02. The van der Waals surface area contributed by atoms with Crippen molar-refractivity contribution in [2.45, 2.75) is 47.0 Å². The number of hydrogen-bond donors (Lipinski definition) is 0. The van der Waals surface area contributed by atoms with Crippen molar-refractivity contribution in [3.63, 3.8) is 0 Å². The van der Waals surface area contributed by atoms with Crippen LogP contribution in [0.3, 0.4) is 0 Å². The van der Waals surface area contributed by atoms with Gasteiger partial charge in [-0.1, -0.05) is 0 Å². The number of halogens is 2. The van der Waals surface area contributed by atoms with Gasteiger partial charge in [-0.3, -0.25) is 0 Å². The minimum atomic E-state index is -4.16. The van der Waals surface area contributed by atoms with E-state index in [1.54, 1.807) is 0 Å². The van der Waals surface area contributed by atoms with Gasteiger partial charge in [0.05, 0.1) is 0 Å². The van der Waals surface area contributed by atoms with Gasteiger partial charge in [-0.2, -0.15) is 0 Å². The predicted octanol–water partition coefficient (Wildman–Crippen LogP) is 6.83. The maximum atomic E-state index is 8.02. The molecule has 0 heterocycles. The molecule has 0 N–H and O–H groups in total. The molecule has 26 heavy (non-hydrogen) atoms. The summed E-state index contributed by atoms with van der Waals surface area (Å²) in [4.78, 5) is 0. The van der Waals surface area contributed by atoms with Gasteiger partial charge >= 0.3 is 168 Å². The van der Waals surface area contributed by atoms with Crippen molar-refractivity contribution < 1.29 is 15.6 Å². The first-order chi connectivity index (χ1) is 12.2. The average Bonchev–Trinajstić information content (AvgIpc) is 3.10. The Morgan fingerprint density at radius 2 is 1.15 bits per heavy atom. The van der Waals surface area contributed by atoms with E-state index in [1.807, 2.05) is 0 Å². The molecule has 2 aliphatic carbocycles. The van der Waals surface area contributed by atoms with Gasteiger partial charge in [0.15, 0.2) is 0 Å². The van der Waals surface area contributed by atoms with Crippen LogP contribution in [0.5, 0.6) is 0 Å². The van der Waals surface area contributed by atoms with E-state index < -0.39 is 21.5 Å². The van der Waals surface area contributed by atoms with E-state index in [2.05, 4.69) is 75.5 Å². The molecule has 0 saturated heterocycles. The summed E-state index contributed by atoms with van der Waals surface area (Å²) in [5.41, 5.74) is 5.93. The molecule has 0 aliphatic heterocycles. The second-order valence-corrected chi connectivity index (χ2v) is 51.8. The van der Waals surface area contributed by atoms with Crippen molar-refractivity contribution in [3.05, 3.63) is 70.8 Å². The van der Waals surface area contributed by atoms with Crippen molar-refractivity contribution in [2.75, 3.05) is 0 Å². The molecule has 139 valence electrons. The van der Waals surface area contributed by atoms with Gasteiger partial charge in [0.1, 0.15) is 0 Å². The summed E-state index contributed by atoms with van der Waals surface area (Å²) in [6.07, 6.45) is 2.27. The van der Waals surface area contributed by atoms with Crippen LogP contribution in [-0.2, 0) is 28.4 Å². The fraction of sp³-hybridized carbons (Fsp3) is 0.455. The van der Waals surface area contributed by atoms with Crippen LogP contribution in [0.15, 0.2) is 48.5 Å². The molecule has 4 heteroatoms. The standard InChI is InChI=1S/2C10H11.C2H7Si.2ClH.Zr/c2*1-8-6-9-4-2-3-5-10(9)7-8;1-3-2;;;/h2*2-6,8H,7H2,1H3;3H,1-2H3;2*1H;/q;;;;;+2/p-2. The normalized spacial score (nSPS) is 29.3. The van der Waals surface area contributed by atoms with Crippen LogP contribution in [0.25, 0.3) is 0 Å². The summed E-state index contributed by atoms with van der Waals surface area (Å²) in [5, 5.41) is 0. The second kappa shape index (κ2) is 6.58. The zero-order valence-electron chi connectivity index (χ0n) is 16.2. The van der Waals surface area contributed by atoms with Crippen LogP contribution in [0, 0.1) is 11.8 Å². The van der Waals surface area contributed by atoms with E-state index in [-0.39, 0.29) is 0 Å². The molecule has 2 aromatic rings. The third kappa shape index (κ3) is 2.62. The average molecular weight is 484 g/mol. The summed E-state index contributed by atoms with van der Waals surface area (Å²) >= 11 is -4.16. The SMILES string of the molecule is CC1Cc2ccccc2[CH]1[Zr]([Cl])([Cl])([CH]1c2ccccc2CC1C)[SiH](C)C. The Morgan fingerprint density at radius 1 is 0.769 bits per heavy atom. The Kier molecular flexibility index (Phi) is 4.92. The quantitative estimate of drug-likeness (QED) is 0.420. The molecule has 0 spiro atoms. The zero-order chi connectivity index (χ0) is 18.7. The fourth-order valence-corrected chi connectivity index (χ4v) is 43.3.